The maximum Gasteiger partial charge on any atom is 0.0588 e. The van der Waals surface area contributed by atoms with Crippen molar-refractivity contribution in [2.75, 3.05) is 19.7 Å². The Kier molecular flexibility index (Phi) is 5.07. The van der Waals surface area contributed by atoms with Crippen molar-refractivity contribution in [1.29, 1.82) is 0 Å². The number of hydrogen-bond acceptors (Lipinski definition) is 2. The Morgan fingerprint density at radius 1 is 1.40 bits per heavy atom. The van der Waals surface area contributed by atoms with Gasteiger partial charge in [0, 0.05) is 13.2 Å². The third kappa shape index (κ3) is 4.52. The lowest BCUT2D eigenvalue weighted by molar-refractivity contribution is 0.103. The Morgan fingerprint density at radius 3 is 2.67 bits per heavy atom. The van der Waals surface area contributed by atoms with Crippen LogP contribution in [0, 0.1) is 11.3 Å². The van der Waals surface area contributed by atoms with E-state index in [4.69, 9.17) is 4.74 Å². The molecule has 0 radical (unpaired) electrons. The molecule has 0 aromatic rings. The second-order valence-corrected chi connectivity index (χ2v) is 5.74. The highest BCUT2D eigenvalue weighted by Crippen LogP contribution is 2.24. The summed E-state index contributed by atoms with van der Waals surface area (Å²) in [6.45, 7) is 12.4. The number of ether oxygens (including phenoxy) is 1. The topological polar surface area (TPSA) is 21.3 Å². The summed E-state index contributed by atoms with van der Waals surface area (Å²) in [5.74, 6) is 0.729. The smallest absolute Gasteiger partial charge is 0.0588 e. The molecule has 0 bridgehead atoms. The molecule has 1 rings (SSSR count). The van der Waals surface area contributed by atoms with Gasteiger partial charge in [-0.3, -0.25) is 0 Å². The molecule has 2 heteroatoms. The van der Waals surface area contributed by atoms with Crippen LogP contribution in [0.5, 0.6) is 0 Å². The molecular formula is C13H27NO. The molecule has 1 atom stereocenters. The maximum absolute atomic E-state index is 5.59. The van der Waals surface area contributed by atoms with E-state index < -0.39 is 0 Å². The number of rotatable bonds is 6. The Labute approximate surface area is 94.8 Å². The lowest BCUT2D eigenvalue weighted by Crippen LogP contribution is -2.34. The van der Waals surface area contributed by atoms with Gasteiger partial charge in [-0.1, -0.05) is 27.7 Å². The average Bonchev–Trinajstić information content (AvgIpc) is 2.64. The van der Waals surface area contributed by atoms with Crippen molar-refractivity contribution in [3.8, 4) is 0 Å². The Morgan fingerprint density at radius 2 is 2.13 bits per heavy atom. The van der Waals surface area contributed by atoms with Crippen LogP contribution in [0.1, 0.15) is 47.0 Å². The summed E-state index contributed by atoms with van der Waals surface area (Å²) in [5, 5.41) is 3.55. The SMILES string of the molecule is CC(C)C(C)(C)CNCCC1CCCO1. The molecule has 1 aliphatic rings. The molecule has 0 spiro atoms. The van der Waals surface area contributed by atoms with Crippen LogP contribution in [-0.4, -0.2) is 25.8 Å². The van der Waals surface area contributed by atoms with E-state index in [-0.39, 0.29) is 0 Å². The van der Waals surface area contributed by atoms with E-state index >= 15 is 0 Å². The largest absolute Gasteiger partial charge is 0.378 e. The van der Waals surface area contributed by atoms with Gasteiger partial charge in [0.05, 0.1) is 6.10 Å². The lowest BCUT2D eigenvalue weighted by atomic mass is 9.81. The Hall–Kier alpha value is -0.0800. The highest BCUT2D eigenvalue weighted by atomic mass is 16.5. The van der Waals surface area contributed by atoms with Gasteiger partial charge in [0.2, 0.25) is 0 Å². The van der Waals surface area contributed by atoms with Crippen LogP contribution in [-0.2, 0) is 4.74 Å². The third-order valence-electron chi connectivity index (χ3n) is 3.81. The first kappa shape index (κ1) is 13.0. The highest BCUT2D eigenvalue weighted by molar-refractivity contribution is 4.75. The van der Waals surface area contributed by atoms with Crippen LogP contribution in [0.4, 0.5) is 0 Å². The molecule has 1 N–H and O–H groups in total. The predicted octanol–water partition coefficient (Wildman–Crippen LogP) is 2.83. The van der Waals surface area contributed by atoms with Crippen LogP contribution >= 0.6 is 0 Å². The maximum atomic E-state index is 5.59. The normalized spacial score (nSPS) is 22.6. The minimum atomic E-state index is 0.399. The summed E-state index contributed by atoms with van der Waals surface area (Å²) >= 11 is 0. The molecule has 1 fully saturated rings. The minimum Gasteiger partial charge on any atom is -0.378 e. The van der Waals surface area contributed by atoms with E-state index in [1.165, 1.54) is 19.3 Å². The first-order chi connectivity index (χ1) is 7.02. The van der Waals surface area contributed by atoms with Crippen molar-refractivity contribution >= 4 is 0 Å². The zero-order valence-corrected chi connectivity index (χ0v) is 10.8. The molecule has 0 aromatic heterocycles. The quantitative estimate of drug-likeness (QED) is 0.685. The van der Waals surface area contributed by atoms with E-state index in [1.807, 2.05) is 0 Å². The third-order valence-corrected chi connectivity index (χ3v) is 3.81. The van der Waals surface area contributed by atoms with Gasteiger partial charge in [-0.15, -0.1) is 0 Å². The molecule has 2 nitrogen and oxygen atoms in total. The van der Waals surface area contributed by atoms with E-state index in [0.717, 1.165) is 25.6 Å². The molecule has 0 saturated carbocycles. The van der Waals surface area contributed by atoms with Crippen molar-refractivity contribution in [3.63, 3.8) is 0 Å². The number of nitrogens with one attached hydrogen (secondary N) is 1. The van der Waals surface area contributed by atoms with Crippen LogP contribution < -0.4 is 5.32 Å². The highest BCUT2D eigenvalue weighted by Gasteiger charge is 2.22. The van der Waals surface area contributed by atoms with E-state index in [2.05, 4.69) is 33.0 Å². The molecule has 1 unspecified atom stereocenters. The van der Waals surface area contributed by atoms with Crippen molar-refractivity contribution in [2.45, 2.75) is 53.1 Å². The molecule has 1 heterocycles. The fourth-order valence-electron chi connectivity index (χ4n) is 1.75. The van der Waals surface area contributed by atoms with Gasteiger partial charge in [-0.25, -0.2) is 0 Å². The molecule has 0 amide bonds. The first-order valence-electron chi connectivity index (χ1n) is 6.34. The lowest BCUT2D eigenvalue weighted by Gasteiger charge is -2.29. The summed E-state index contributed by atoms with van der Waals surface area (Å²) in [6, 6.07) is 0. The Balaban J connectivity index is 2.05. The second kappa shape index (κ2) is 5.86. The summed E-state index contributed by atoms with van der Waals surface area (Å²) in [6.07, 6.45) is 4.21. The summed E-state index contributed by atoms with van der Waals surface area (Å²) in [4.78, 5) is 0. The van der Waals surface area contributed by atoms with Gasteiger partial charge in [0.1, 0.15) is 0 Å². The van der Waals surface area contributed by atoms with E-state index in [0.29, 0.717) is 11.5 Å². The van der Waals surface area contributed by atoms with Gasteiger partial charge in [-0.05, 0) is 37.1 Å². The van der Waals surface area contributed by atoms with Gasteiger partial charge < -0.3 is 10.1 Å². The van der Waals surface area contributed by atoms with Gasteiger partial charge >= 0.3 is 0 Å². The molecule has 90 valence electrons. The molecular weight excluding hydrogens is 186 g/mol. The fourth-order valence-corrected chi connectivity index (χ4v) is 1.75. The average molecular weight is 213 g/mol. The van der Waals surface area contributed by atoms with Gasteiger partial charge in [0.25, 0.3) is 0 Å². The molecule has 1 aliphatic heterocycles. The fraction of sp³-hybridized carbons (Fsp3) is 1.00. The molecule has 15 heavy (non-hydrogen) atoms. The minimum absolute atomic E-state index is 0.399. The number of hydrogen-bond donors (Lipinski definition) is 1. The van der Waals surface area contributed by atoms with Gasteiger partial charge in [0.15, 0.2) is 0 Å². The van der Waals surface area contributed by atoms with Crippen LogP contribution in [0.2, 0.25) is 0 Å². The van der Waals surface area contributed by atoms with Crippen LogP contribution in [0.3, 0.4) is 0 Å². The summed E-state index contributed by atoms with van der Waals surface area (Å²) in [7, 11) is 0. The first-order valence-corrected chi connectivity index (χ1v) is 6.34. The van der Waals surface area contributed by atoms with Crippen molar-refractivity contribution in [1.82, 2.24) is 5.32 Å². The molecule has 1 saturated heterocycles. The van der Waals surface area contributed by atoms with Gasteiger partial charge in [-0.2, -0.15) is 0 Å². The van der Waals surface area contributed by atoms with Crippen molar-refractivity contribution < 1.29 is 4.74 Å². The summed E-state index contributed by atoms with van der Waals surface area (Å²) in [5.41, 5.74) is 0.399. The monoisotopic (exact) mass is 213 g/mol. The second-order valence-electron chi connectivity index (χ2n) is 5.74. The predicted molar refractivity (Wildman–Crippen MR) is 65.1 cm³/mol. The standard InChI is InChI=1S/C13H27NO/c1-11(2)13(3,4)10-14-8-7-12-6-5-9-15-12/h11-12,14H,5-10H2,1-4H3. The molecule has 0 aromatic carbocycles. The van der Waals surface area contributed by atoms with Crippen LogP contribution in [0.25, 0.3) is 0 Å². The summed E-state index contributed by atoms with van der Waals surface area (Å²) < 4.78 is 5.59. The van der Waals surface area contributed by atoms with E-state index in [1.54, 1.807) is 0 Å². The van der Waals surface area contributed by atoms with Crippen molar-refractivity contribution in [2.24, 2.45) is 11.3 Å². The zero-order chi connectivity index (χ0) is 11.3. The van der Waals surface area contributed by atoms with E-state index in [9.17, 15) is 0 Å². The molecule has 0 aliphatic carbocycles. The van der Waals surface area contributed by atoms with Crippen molar-refractivity contribution in [3.05, 3.63) is 0 Å². The Bertz CT molecular complexity index is 171. The van der Waals surface area contributed by atoms with Crippen LogP contribution in [0.15, 0.2) is 0 Å². The zero-order valence-electron chi connectivity index (χ0n) is 10.8.